The van der Waals surface area contributed by atoms with Crippen molar-refractivity contribution in [3.8, 4) is 0 Å². The van der Waals surface area contributed by atoms with Crippen LogP contribution < -0.4 is 0 Å². The highest BCUT2D eigenvalue weighted by atomic mass is 79.9. The monoisotopic (exact) mass is 329 g/mol. The second-order valence-electron chi connectivity index (χ2n) is 4.51. The Bertz CT molecular complexity index is 629. The van der Waals surface area contributed by atoms with E-state index in [0.29, 0.717) is 4.47 Å². The fourth-order valence-corrected chi connectivity index (χ4v) is 4.14. The van der Waals surface area contributed by atoms with Crippen LogP contribution in [-0.4, -0.2) is 20.8 Å². The van der Waals surface area contributed by atoms with Crippen LogP contribution in [0.4, 0.5) is 0 Å². The summed E-state index contributed by atoms with van der Waals surface area (Å²) in [4.78, 5) is 14.6. The molecule has 0 saturated heterocycles. The molecule has 0 heterocycles. The highest BCUT2D eigenvalue weighted by Crippen LogP contribution is 2.45. The van der Waals surface area contributed by atoms with Gasteiger partial charge in [-0.25, -0.2) is 13.2 Å². The second-order valence-corrected chi connectivity index (χ2v) is 7.34. The van der Waals surface area contributed by atoms with Crippen molar-refractivity contribution in [2.24, 2.45) is 4.99 Å². The van der Waals surface area contributed by atoms with Gasteiger partial charge in [-0.3, -0.25) is 0 Å². The van der Waals surface area contributed by atoms with Crippen molar-refractivity contribution in [2.75, 3.05) is 6.26 Å². The number of aliphatic imine (C=N–C) groups is 1. The first-order valence-electron chi connectivity index (χ1n) is 5.48. The Morgan fingerprint density at radius 3 is 2.44 bits per heavy atom. The van der Waals surface area contributed by atoms with E-state index in [2.05, 4.69) is 20.9 Å². The van der Waals surface area contributed by atoms with Crippen LogP contribution in [0, 0.1) is 0 Å². The Labute approximate surface area is 114 Å². The zero-order chi connectivity index (χ0) is 13.4. The predicted octanol–water partition coefficient (Wildman–Crippen LogP) is 2.57. The first kappa shape index (κ1) is 13.5. The normalized spacial score (nSPS) is 17.7. The molecule has 1 aromatic carbocycles. The number of carbonyl (C=O) groups excluding carboxylic acids is 1. The molecule has 0 atom stereocenters. The van der Waals surface area contributed by atoms with Crippen molar-refractivity contribution >= 4 is 31.8 Å². The summed E-state index contributed by atoms with van der Waals surface area (Å²) in [5.74, 6) is 0. The van der Waals surface area contributed by atoms with Gasteiger partial charge in [0.1, 0.15) is 0 Å². The molecule has 1 aromatic rings. The van der Waals surface area contributed by atoms with Crippen LogP contribution in [-0.2, 0) is 20.2 Å². The van der Waals surface area contributed by atoms with Crippen LogP contribution in [0.5, 0.6) is 0 Å². The van der Waals surface area contributed by atoms with Crippen molar-refractivity contribution in [3.63, 3.8) is 0 Å². The van der Waals surface area contributed by atoms with Crippen LogP contribution in [0.25, 0.3) is 0 Å². The molecule has 0 radical (unpaired) electrons. The van der Waals surface area contributed by atoms with Crippen molar-refractivity contribution in [1.29, 1.82) is 0 Å². The minimum Gasteiger partial charge on any atom is -0.224 e. The van der Waals surface area contributed by atoms with E-state index in [1.165, 1.54) is 0 Å². The van der Waals surface area contributed by atoms with Crippen LogP contribution in [0.15, 0.2) is 32.6 Å². The van der Waals surface area contributed by atoms with Crippen molar-refractivity contribution in [1.82, 2.24) is 0 Å². The van der Waals surface area contributed by atoms with Gasteiger partial charge in [0, 0.05) is 10.7 Å². The number of isocyanates is 1. The molecule has 2 rings (SSSR count). The van der Waals surface area contributed by atoms with E-state index in [1.54, 1.807) is 24.3 Å². The summed E-state index contributed by atoms with van der Waals surface area (Å²) in [5, 5.41) is 0. The molecule has 6 heteroatoms. The number of hydrogen-bond acceptors (Lipinski definition) is 4. The maximum absolute atomic E-state index is 11.5. The molecule has 18 heavy (non-hydrogen) atoms. The number of halogens is 1. The third-order valence-corrected chi connectivity index (χ3v) is 5.38. The summed E-state index contributed by atoms with van der Waals surface area (Å²) in [7, 11) is -3.25. The minimum atomic E-state index is -3.25. The van der Waals surface area contributed by atoms with E-state index in [-0.39, 0.29) is 4.90 Å². The number of nitrogens with zero attached hydrogens (tertiary/aromatic N) is 1. The van der Waals surface area contributed by atoms with Gasteiger partial charge < -0.3 is 0 Å². The van der Waals surface area contributed by atoms with E-state index < -0.39 is 15.4 Å². The Hall–Kier alpha value is -0.970. The van der Waals surface area contributed by atoms with Gasteiger partial charge in [0.15, 0.2) is 9.84 Å². The number of sulfone groups is 1. The summed E-state index contributed by atoms with van der Waals surface area (Å²) < 4.78 is 23.5. The molecule has 0 unspecified atom stereocenters. The smallest absolute Gasteiger partial charge is 0.224 e. The quantitative estimate of drug-likeness (QED) is 0.632. The Morgan fingerprint density at radius 2 is 2.06 bits per heavy atom. The van der Waals surface area contributed by atoms with E-state index in [9.17, 15) is 13.2 Å². The van der Waals surface area contributed by atoms with Gasteiger partial charge in [0.05, 0.1) is 10.4 Å². The minimum absolute atomic E-state index is 0.246. The Kier molecular flexibility index (Phi) is 3.45. The van der Waals surface area contributed by atoms with Gasteiger partial charge in [0.25, 0.3) is 0 Å². The number of benzene rings is 1. The molecule has 0 bridgehead atoms. The Morgan fingerprint density at radius 1 is 1.39 bits per heavy atom. The summed E-state index contributed by atoms with van der Waals surface area (Å²) in [6.45, 7) is 0. The van der Waals surface area contributed by atoms with Crippen LogP contribution in [0.1, 0.15) is 24.8 Å². The molecule has 1 fully saturated rings. The average molecular weight is 330 g/mol. The first-order chi connectivity index (χ1) is 8.39. The van der Waals surface area contributed by atoms with Gasteiger partial charge >= 0.3 is 0 Å². The standard InChI is InChI=1S/C12H12BrNO3S/c1-18(16,17)11-4-3-9(7-10(11)13)12(14-8-15)5-2-6-12/h3-4,7H,2,5-6H2,1H3. The highest BCUT2D eigenvalue weighted by Gasteiger charge is 2.39. The summed E-state index contributed by atoms with van der Waals surface area (Å²) >= 11 is 3.26. The summed E-state index contributed by atoms with van der Waals surface area (Å²) in [6, 6.07) is 5.01. The summed E-state index contributed by atoms with van der Waals surface area (Å²) in [6.07, 6.45) is 5.38. The molecule has 1 saturated carbocycles. The van der Waals surface area contributed by atoms with Gasteiger partial charge in [-0.1, -0.05) is 6.07 Å². The van der Waals surface area contributed by atoms with E-state index >= 15 is 0 Å². The largest absolute Gasteiger partial charge is 0.235 e. The lowest BCUT2D eigenvalue weighted by molar-refractivity contribution is 0.255. The molecule has 0 aliphatic heterocycles. The van der Waals surface area contributed by atoms with Gasteiger partial charge in [-0.15, -0.1) is 0 Å². The number of rotatable bonds is 3. The average Bonchev–Trinajstić information content (AvgIpc) is 2.21. The Balaban J connectivity index is 2.50. The third-order valence-electron chi connectivity index (χ3n) is 3.31. The lowest BCUT2D eigenvalue weighted by Gasteiger charge is -2.37. The fraction of sp³-hybridized carbons (Fsp3) is 0.417. The lowest BCUT2D eigenvalue weighted by atomic mass is 9.72. The topological polar surface area (TPSA) is 63.6 Å². The highest BCUT2D eigenvalue weighted by molar-refractivity contribution is 9.10. The van der Waals surface area contributed by atoms with Crippen molar-refractivity contribution in [2.45, 2.75) is 29.7 Å². The molecular formula is C12H12BrNO3S. The SMILES string of the molecule is CS(=O)(=O)c1ccc(C2(N=C=O)CCC2)cc1Br. The van der Waals surface area contributed by atoms with Gasteiger partial charge in [-0.2, -0.15) is 4.99 Å². The van der Waals surface area contributed by atoms with Crippen molar-refractivity contribution in [3.05, 3.63) is 28.2 Å². The van der Waals surface area contributed by atoms with Gasteiger partial charge in [0.2, 0.25) is 6.08 Å². The molecule has 0 amide bonds. The molecule has 0 spiro atoms. The first-order valence-corrected chi connectivity index (χ1v) is 8.17. The number of hydrogen-bond donors (Lipinski definition) is 0. The molecule has 0 aromatic heterocycles. The molecular weight excluding hydrogens is 318 g/mol. The molecule has 1 aliphatic rings. The molecule has 0 N–H and O–H groups in total. The lowest BCUT2D eigenvalue weighted by Crippen LogP contribution is -2.31. The molecule has 96 valence electrons. The molecule has 4 nitrogen and oxygen atoms in total. The fourth-order valence-electron chi connectivity index (χ4n) is 2.16. The van der Waals surface area contributed by atoms with Crippen molar-refractivity contribution < 1.29 is 13.2 Å². The summed E-state index contributed by atoms with van der Waals surface area (Å²) in [5.41, 5.74) is 0.358. The second kappa shape index (κ2) is 4.61. The molecule has 1 aliphatic carbocycles. The predicted molar refractivity (Wildman–Crippen MR) is 70.9 cm³/mol. The van der Waals surface area contributed by atoms with E-state index in [4.69, 9.17) is 0 Å². The van der Waals surface area contributed by atoms with E-state index in [0.717, 1.165) is 31.1 Å². The van der Waals surface area contributed by atoms with Crippen LogP contribution in [0.2, 0.25) is 0 Å². The van der Waals surface area contributed by atoms with Gasteiger partial charge in [-0.05, 0) is 52.9 Å². The third kappa shape index (κ3) is 2.28. The van der Waals surface area contributed by atoms with Crippen LogP contribution >= 0.6 is 15.9 Å². The maximum atomic E-state index is 11.5. The van der Waals surface area contributed by atoms with Crippen LogP contribution in [0.3, 0.4) is 0 Å². The van der Waals surface area contributed by atoms with E-state index in [1.807, 2.05) is 0 Å². The zero-order valence-corrected chi connectivity index (χ0v) is 12.2. The zero-order valence-electron chi connectivity index (χ0n) is 9.81. The maximum Gasteiger partial charge on any atom is 0.235 e.